The quantitative estimate of drug-likeness (QED) is 0.653. The van der Waals surface area contributed by atoms with Crippen LogP contribution in [-0.2, 0) is 13.5 Å². The zero-order chi connectivity index (χ0) is 21.3. The maximum Gasteiger partial charge on any atom is 0.257 e. The van der Waals surface area contributed by atoms with Crippen LogP contribution in [0.1, 0.15) is 51.6 Å². The van der Waals surface area contributed by atoms with Crippen molar-refractivity contribution in [1.82, 2.24) is 19.7 Å². The molecule has 0 unspecified atom stereocenters. The summed E-state index contributed by atoms with van der Waals surface area (Å²) < 4.78 is 29.4. The van der Waals surface area contributed by atoms with Crippen LogP contribution < -0.4 is 0 Å². The Balaban J connectivity index is 1.46. The topological polar surface area (TPSA) is 51.0 Å². The average molecular weight is 410 g/mol. The molecule has 1 aliphatic heterocycles. The van der Waals surface area contributed by atoms with E-state index in [1.54, 1.807) is 24.1 Å². The lowest BCUT2D eigenvalue weighted by atomic mass is 9.93. The van der Waals surface area contributed by atoms with E-state index >= 15 is 0 Å². The largest absolute Gasteiger partial charge is 0.338 e. The Labute approximate surface area is 174 Å². The molecule has 1 aliphatic rings. The van der Waals surface area contributed by atoms with Gasteiger partial charge < -0.3 is 4.90 Å². The maximum absolute atomic E-state index is 13.9. The van der Waals surface area contributed by atoms with Gasteiger partial charge in [0.15, 0.2) is 0 Å². The van der Waals surface area contributed by atoms with Crippen LogP contribution in [0.3, 0.4) is 0 Å². The first-order valence-electron chi connectivity index (χ1n) is 10.1. The van der Waals surface area contributed by atoms with Crippen LogP contribution in [0.2, 0.25) is 0 Å². The number of amides is 1. The van der Waals surface area contributed by atoms with Crippen molar-refractivity contribution in [2.24, 2.45) is 7.05 Å². The minimum absolute atomic E-state index is 0.00283. The van der Waals surface area contributed by atoms with Crippen molar-refractivity contribution in [3.8, 4) is 0 Å². The number of piperidine rings is 1. The Morgan fingerprint density at radius 3 is 2.60 bits per heavy atom. The summed E-state index contributed by atoms with van der Waals surface area (Å²) in [6.07, 6.45) is 5.44. The summed E-state index contributed by atoms with van der Waals surface area (Å²) in [5.41, 5.74) is 3.06. The molecule has 1 aromatic carbocycles. The van der Waals surface area contributed by atoms with E-state index in [1.807, 2.05) is 24.0 Å². The van der Waals surface area contributed by atoms with Gasteiger partial charge in [0.25, 0.3) is 5.91 Å². The van der Waals surface area contributed by atoms with Crippen LogP contribution in [0.4, 0.5) is 8.78 Å². The molecule has 0 bridgehead atoms. The molecule has 1 fully saturated rings. The van der Waals surface area contributed by atoms with Crippen LogP contribution in [0.5, 0.6) is 0 Å². The van der Waals surface area contributed by atoms with Crippen LogP contribution in [0, 0.1) is 18.6 Å². The van der Waals surface area contributed by atoms with Crippen molar-refractivity contribution < 1.29 is 13.6 Å². The molecule has 3 heterocycles. The van der Waals surface area contributed by atoms with Crippen molar-refractivity contribution in [3.05, 3.63) is 82.4 Å². The van der Waals surface area contributed by atoms with Gasteiger partial charge in [-0.15, -0.1) is 0 Å². The molecule has 30 heavy (non-hydrogen) atoms. The van der Waals surface area contributed by atoms with E-state index in [9.17, 15) is 13.6 Å². The number of pyridine rings is 1. The van der Waals surface area contributed by atoms with Crippen LogP contribution in [0.25, 0.3) is 0 Å². The molecular weight excluding hydrogens is 386 g/mol. The number of aromatic nitrogens is 3. The zero-order valence-electron chi connectivity index (χ0n) is 17.1. The number of aryl methyl sites for hydroxylation is 2. The maximum atomic E-state index is 13.9. The predicted octanol–water partition coefficient (Wildman–Crippen LogP) is 4.01. The minimum Gasteiger partial charge on any atom is -0.338 e. The second-order valence-electron chi connectivity index (χ2n) is 7.86. The molecular formula is C23H24F2N4O. The second kappa shape index (κ2) is 8.34. The lowest BCUT2D eigenvalue weighted by Crippen LogP contribution is -2.39. The molecule has 0 radical (unpaired) electrons. The van der Waals surface area contributed by atoms with Gasteiger partial charge in [0.2, 0.25) is 0 Å². The second-order valence-corrected chi connectivity index (χ2v) is 7.86. The van der Waals surface area contributed by atoms with Gasteiger partial charge in [-0.2, -0.15) is 5.10 Å². The van der Waals surface area contributed by atoms with E-state index < -0.39 is 11.6 Å². The molecule has 0 spiro atoms. The minimum atomic E-state index is -0.550. The number of carbonyl (C=O) groups excluding carboxylic acids is 1. The average Bonchev–Trinajstić information content (AvgIpc) is 3.09. The number of halogens is 2. The van der Waals surface area contributed by atoms with Crippen molar-refractivity contribution in [2.45, 2.75) is 32.1 Å². The Hall–Kier alpha value is -3.09. The Morgan fingerprint density at radius 2 is 1.97 bits per heavy atom. The van der Waals surface area contributed by atoms with E-state index in [1.165, 1.54) is 18.2 Å². The Bertz CT molecular complexity index is 1040. The lowest BCUT2D eigenvalue weighted by molar-refractivity contribution is 0.0705. The number of benzene rings is 1. The summed E-state index contributed by atoms with van der Waals surface area (Å²) in [4.78, 5) is 19.3. The normalized spacial score (nSPS) is 16.7. The van der Waals surface area contributed by atoms with E-state index in [0.717, 1.165) is 29.8 Å². The number of carbonyl (C=O) groups is 1. The summed E-state index contributed by atoms with van der Waals surface area (Å²) in [7, 11) is 1.81. The third-order valence-corrected chi connectivity index (χ3v) is 5.66. The summed E-state index contributed by atoms with van der Waals surface area (Å²) in [5.74, 6) is -0.965. The summed E-state index contributed by atoms with van der Waals surface area (Å²) in [6.45, 7) is 3.16. The highest BCUT2D eigenvalue weighted by Crippen LogP contribution is 2.27. The molecule has 4 rings (SSSR count). The number of hydrogen-bond acceptors (Lipinski definition) is 3. The molecule has 1 atom stereocenters. The Morgan fingerprint density at radius 1 is 1.20 bits per heavy atom. The molecule has 1 saturated heterocycles. The molecule has 0 aliphatic carbocycles. The number of nitrogens with zero attached hydrogens (tertiary/aromatic N) is 4. The highest BCUT2D eigenvalue weighted by molar-refractivity contribution is 5.95. The van der Waals surface area contributed by atoms with Gasteiger partial charge in [0.05, 0.1) is 11.3 Å². The van der Waals surface area contributed by atoms with Crippen LogP contribution in [0.15, 0.2) is 42.7 Å². The number of rotatable bonds is 4. The van der Waals surface area contributed by atoms with Crippen molar-refractivity contribution in [3.63, 3.8) is 0 Å². The van der Waals surface area contributed by atoms with Gasteiger partial charge in [-0.3, -0.25) is 14.5 Å². The van der Waals surface area contributed by atoms with E-state index in [-0.39, 0.29) is 23.8 Å². The molecule has 5 nitrogen and oxygen atoms in total. The Kier molecular flexibility index (Phi) is 5.61. The van der Waals surface area contributed by atoms with Crippen molar-refractivity contribution >= 4 is 5.91 Å². The van der Waals surface area contributed by atoms with Gasteiger partial charge in [0.1, 0.15) is 11.6 Å². The van der Waals surface area contributed by atoms with E-state index in [2.05, 4.69) is 10.1 Å². The van der Waals surface area contributed by atoms with Gasteiger partial charge in [-0.05, 0) is 43.5 Å². The van der Waals surface area contributed by atoms with Gasteiger partial charge in [-0.25, -0.2) is 8.78 Å². The molecule has 0 saturated carbocycles. The smallest absolute Gasteiger partial charge is 0.257 e. The molecule has 3 aromatic rings. The first-order chi connectivity index (χ1) is 14.4. The monoisotopic (exact) mass is 410 g/mol. The molecule has 156 valence electrons. The third-order valence-electron chi connectivity index (χ3n) is 5.66. The fourth-order valence-electron chi connectivity index (χ4n) is 4.07. The van der Waals surface area contributed by atoms with Crippen molar-refractivity contribution in [2.75, 3.05) is 13.1 Å². The van der Waals surface area contributed by atoms with Gasteiger partial charge in [0, 0.05) is 56.1 Å². The summed E-state index contributed by atoms with van der Waals surface area (Å²) in [6, 6.07) is 7.65. The van der Waals surface area contributed by atoms with E-state index in [4.69, 9.17) is 0 Å². The standard InChI is InChI=1S/C23H24F2N4O/c1-15-19(14-28(2)27-15)23(30)29-10-4-5-17(13-29)22-9-8-16(12-26-22)11-18-20(24)6-3-7-21(18)25/h3,6-9,12,14,17H,4-5,10-11,13H2,1-2H3/t17-/m1/s1. The zero-order valence-corrected chi connectivity index (χ0v) is 17.1. The first-order valence-corrected chi connectivity index (χ1v) is 10.1. The fourth-order valence-corrected chi connectivity index (χ4v) is 4.07. The van der Waals surface area contributed by atoms with Gasteiger partial charge >= 0.3 is 0 Å². The number of hydrogen-bond donors (Lipinski definition) is 0. The van der Waals surface area contributed by atoms with E-state index in [0.29, 0.717) is 18.7 Å². The number of likely N-dealkylation sites (tertiary alicyclic amines) is 1. The third kappa shape index (κ3) is 4.10. The summed E-state index contributed by atoms with van der Waals surface area (Å²) >= 11 is 0. The lowest BCUT2D eigenvalue weighted by Gasteiger charge is -2.32. The van der Waals surface area contributed by atoms with Crippen molar-refractivity contribution in [1.29, 1.82) is 0 Å². The molecule has 7 heteroatoms. The highest BCUT2D eigenvalue weighted by Gasteiger charge is 2.28. The van der Waals surface area contributed by atoms with Crippen LogP contribution >= 0.6 is 0 Å². The first kappa shape index (κ1) is 20.2. The summed E-state index contributed by atoms with van der Waals surface area (Å²) in [5, 5.41) is 4.26. The molecule has 0 N–H and O–H groups in total. The molecule has 1 amide bonds. The fraction of sp³-hybridized carbons (Fsp3) is 0.348. The predicted molar refractivity (Wildman–Crippen MR) is 109 cm³/mol. The van der Waals surface area contributed by atoms with Crippen LogP contribution in [-0.4, -0.2) is 38.7 Å². The highest BCUT2D eigenvalue weighted by atomic mass is 19.1. The van der Waals surface area contributed by atoms with Gasteiger partial charge in [-0.1, -0.05) is 12.1 Å². The molecule has 2 aromatic heterocycles. The SMILES string of the molecule is Cc1nn(C)cc1C(=O)N1CCC[C@@H](c2ccc(Cc3c(F)cccc3F)cn2)C1.